The maximum atomic E-state index is 14.2. The molecular weight excluding hydrogens is 548 g/mol. The van der Waals surface area contributed by atoms with Gasteiger partial charge in [0.25, 0.3) is 10.0 Å². The van der Waals surface area contributed by atoms with Crippen molar-refractivity contribution < 1.29 is 39.5 Å². The van der Waals surface area contributed by atoms with E-state index in [1.165, 1.54) is 24.4 Å². The molecule has 0 bridgehead atoms. The van der Waals surface area contributed by atoms with Crippen LogP contribution in [0.4, 0.5) is 32.0 Å². The highest BCUT2D eigenvalue weighted by Gasteiger charge is 2.32. The van der Waals surface area contributed by atoms with Crippen LogP contribution in [0.3, 0.4) is 0 Å². The Morgan fingerprint density at radius 1 is 1.03 bits per heavy atom. The molecule has 0 saturated carbocycles. The van der Waals surface area contributed by atoms with E-state index < -0.39 is 44.8 Å². The number of alkyl halides is 5. The molecule has 0 aliphatic heterocycles. The molecule has 0 aliphatic rings. The van der Waals surface area contributed by atoms with E-state index in [1.54, 1.807) is 13.8 Å². The number of ether oxygens (including phenoxy) is 1. The molecule has 3 aromatic rings. The van der Waals surface area contributed by atoms with E-state index in [0.717, 1.165) is 42.6 Å². The number of sulfonamides is 1. The molecule has 0 aromatic heterocycles. The zero-order chi connectivity index (χ0) is 29.0. The van der Waals surface area contributed by atoms with Crippen LogP contribution in [0.1, 0.15) is 25.0 Å². The molecular formula is C26H23F6N3O3S. The minimum atomic E-state index is -4.78. The first kappa shape index (κ1) is 29.6. The molecule has 0 unspecified atom stereocenters. The largest absolute Gasteiger partial charge is 0.435 e. The molecule has 3 aromatic carbocycles. The lowest BCUT2D eigenvalue weighted by molar-refractivity contribution is -0.137. The van der Waals surface area contributed by atoms with Crippen LogP contribution in [-0.4, -0.2) is 27.3 Å². The van der Waals surface area contributed by atoms with E-state index in [1.807, 2.05) is 0 Å². The van der Waals surface area contributed by atoms with E-state index in [-0.39, 0.29) is 34.0 Å². The number of nitrogens with two attached hydrogens (primary N) is 1. The summed E-state index contributed by atoms with van der Waals surface area (Å²) in [6, 6.07) is 10.0. The second kappa shape index (κ2) is 11.8. The van der Waals surface area contributed by atoms with Crippen molar-refractivity contribution in [3.8, 4) is 16.9 Å². The number of hydrogen-bond donors (Lipinski definition) is 2. The van der Waals surface area contributed by atoms with E-state index in [9.17, 15) is 34.8 Å². The summed E-state index contributed by atoms with van der Waals surface area (Å²) in [5.41, 5.74) is 5.13. The highest BCUT2D eigenvalue weighted by molar-refractivity contribution is 7.92. The molecule has 6 nitrogen and oxygen atoms in total. The predicted molar refractivity (Wildman–Crippen MR) is 137 cm³/mol. The summed E-state index contributed by atoms with van der Waals surface area (Å²) in [6.07, 6.45) is -2.24. The number of benzene rings is 3. The van der Waals surface area contributed by atoms with Crippen LogP contribution in [0, 0.1) is 5.82 Å². The summed E-state index contributed by atoms with van der Waals surface area (Å²) in [4.78, 5) is 3.56. The Hall–Kier alpha value is -4.00. The fourth-order valence-electron chi connectivity index (χ4n) is 3.44. The number of nitrogens with zero attached hydrogens (tertiary/aromatic N) is 1. The molecule has 3 rings (SSSR count). The second-order valence-electron chi connectivity index (χ2n) is 8.44. The number of hydrogen-bond acceptors (Lipinski definition) is 5. The molecule has 39 heavy (non-hydrogen) atoms. The lowest BCUT2D eigenvalue weighted by atomic mass is 9.99. The summed E-state index contributed by atoms with van der Waals surface area (Å²) in [7, 11) is -4.58. The smallest absolute Gasteiger partial charge is 0.416 e. The first-order valence-electron chi connectivity index (χ1n) is 11.2. The van der Waals surface area contributed by atoms with Gasteiger partial charge in [0.2, 0.25) is 0 Å². The molecule has 0 aliphatic carbocycles. The standard InChI is InChI=1S/C26H23F6N3O3S/c1-15(2)34-14-18(13-33)23-7-6-16(17-8-20(27)12-21(9-17)38-25(28)29)10-24(23)35-39(36,37)22-5-3-4-19(11-22)26(30,31)32/h3-15,25,35H,33H2,1-2H3. The summed E-state index contributed by atoms with van der Waals surface area (Å²) in [5.74, 6) is -1.37. The third-order valence-corrected chi connectivity index (χ3v) is 6.53. The normalized spacial score (nSPS) is 12.9. The second-order valence-corrected chi connectivity index (χ2v) is 10.1. The third-order valence-electron chi connectivity index (χ3n) is 5.17. The molecule has 0 atom stereocenters. The van der Waals surface area contributed by atoms with Gasteiger partial charge in [-0.3, -0.25) is 9.71 Å². The molecule has 0 heterocycles. The van der Waals surface area contributed by atoms with Crippen LogP contribution in [-0.2, 0) is 16.2 Å². The summed E-state index contributed by atoms with van der Waals surface area (Å²) in [5, 5.41) is 0. The van der Waals surface area contributed by atoms with Crippen LogP contribution in [0.5, 0.6) is 5.75 Å². The fourth-order valence-corrected chi connectivity index (χ4v) is 4.55. The van der Waals surface area contributed by atoms with Gasteiger partial charge >= 0.3 is 12.8 Å². The molecule has 0 saturated heterocycles. The Morgan fingerprint density at radius 2 is 1.74 bits per heavy atom. The molecule has 208 valence electrons. The van der Waals surface area contributed by atoms with Crippen molar-refractivity contribution in [3.63, 3.8) is 0 Å². The number of allylic oxidation sites excluding steroid dienone is 1. The molecule has 13 heteroatoms. The topological polar surface area (TPSA) is 93.8 Å². The Labute approximate surface area is 220 Å². The number of aliphatic imine (C=N–C) groups is 1. The summed E-state index contributed by atoms with van der Waals surface area (Å²) >= 11 is 0. The van der Waals surface area contributed by atoms with Gasteiger partial charge in [-0.05, 0) is 61.4 Å². The zero-order valence-electron chi connectivity index (χ0n) is 20.5. The Balaban J connectivity index is 2.16. The van der Waals surface area contributed by atoms with Crippen molar-refractivity contribution in [1.29, 1.82) is 0 Å². The minimum Gasteiger partial charge on any atom is -0.435 e. The first-order valence-corrected chi connectivity index (χ1v) is 12.7. The highest BCUT2D eigenvalue weighted by atomic mass is 32.2. The number of rotatable bonds is 9. The van der Waals surface area contributed by atoms with Crippen molar-refractivity contribution in [1.82, 2.24) is 0 Å². The molecule has 0 radical (unpaired) electrons. The minimum absolute atomic E-state index is 0.0610. The van der Waals surface area contributed by atoms with E-state index in [2.05, 4.69) is 14.5 Å². The van der Waals surface area contributed by atoms with Gasteiger partial charge in [0.15, 0.2) is 0 Å². The van der Waals surface area contributed by atoms with E-state index in [0.29, 0.717) is 6.07 Å². The molecule has 0 fully saturated rings. The van der Waals surface area contributed by atoms with Gasteiger partial charge in [-0.15, -0.1) is 0 Å². The molecule has 0 spiro atoms. The number of anilines is 1. The lowest BCUT2D eigenvalue weighted by Gasteiger charge is -2.16. The monoisotopic (exact) mass is 571 g/mol. The average Bonchev–Trinajstić information content (AvgIpc) is 2.83. The molecule has 0 amide bonds. The fraction of sp³-hybridized carbons (Fsp3) is 0.192. The van der Waals surface area contributed by atoms with Crippen LogP contribution >= 0.6 is 0 Å². The van der Waals surface area contributed by atoms with Gasteiger partial charge in [0.1, 0.15) is 11.6 Å². The Kier molecular flexibility index (Phi) is 8.95. The van der Waals surface area contributed by atoms with Gasteiger partial charge in [-0.25, -0.2) is 12.8 Å². The van der Waals surface area contributed by atoms with Gasteiger partial charge in [-0.2, -0.15) is 22.0 Å². The number of nitrogens with one attached hydrogen (secondary N) is 1. The van der Waals surface area contributed by atoms with E-state index in [4.69, 9.17) is 5.73 Å². The van der Waals surface area contributed by atoms with Gasteiger partial charge in [-0.1, -0.05) is 18.2 Å². The SMILES string of the molecule is CC(C)N=CC(=CN)c1ccc(-c2cc(F)cc(OC(F)F)c2)cc1NS(=O)(=O)c1cccc(C(F)(F)F)c1. The lowest BCUT2D eigenvalue weighted by Crippen LogP contribution is -2.16. The van der Waals surface area contributed by atoms with Crippen molar-refractivity contribution in [2.45, 2.75) is 37.6 Å². The van der Waals surface area contributed by atoms with Crippen molar-refractivity contribution in [3.05, 3.63) is 83.8 Å². The van der Waals surface area contributed by atoms with Crippen molar-refractivity contribution in [2.75, 3.05) is 4.72 Å². The Morgan fingerprint density at radius 3 is 2.36 bits per heavy atom. The maximum Gasteiger partial charge on any atom is 0.416 e. The predicted octanol–water partition coefficient (Wildman–Crippen LogP) is 6.69. The highest BCUT2D eigenvalue weighted by Crippen LogP contribution is 2.34. The van der Waals surface area contributed by atoms with Crippen LogP contribution < -0.4 is 15.2 Å². The summed E-state index contributed by atoms with van der Waals surface area (Å²) < 4.78 is 112. The third kappa shape index (κ3) is 7.76. The van der Waals surface area contributed by atoms with E-state index >= 15 is 0 Å². The summed E-state index contributed by atoms with van der Waals surface area (Å²) in [6.45, 7) is 0.358. The van der Waals surface area contributed by atoms with Gasteiger partial charge < -0.3 is 10.5 Å². The van der Waals surface area contributed by atoms with Crippen LogP contribution in [0.15, 0.2) is 76.8 Å². The molecule has 3 N–H and O–H groups in total. The quantitative estimate of drug-likeness (QED) is 0.221. The zero-order valence-corrected chi connectivity index (χ0v) is 21.3. The average molecular weight is 572 g/mol. The first-order chi connectivity index (χ1) is 18.2. The maximum absolute atomic E-state index is 14.2. The Bertz CT molecular complexity index is 1500. The van der Waals surface area contributed by atoms with Crippen LogP contribution in [0.25, 0.3) is 16.7 Å². The van der Waals surface area contributed by atoms with Gasteiger partial charge in [0, 0.05) is 35.7 Å². The van der Waals surface area contributed by atoms with Crippen LogP contribution in [0.2, 0.25) is 0 Å². The van der Waals surface area contributed by atoms with Crippen molar-refractivity contribution >= 4 is 27.5 Å². The van der Waals surface area contributed by atoms with Crippen molar-refractivity contribution in [2.24, 2.45) is 10.7 Å². The van der Waals surface area contributed by atoms with Gasteiger partial charge in [0.05, 0.1) is 16.1 Å². The number of halogens is 6.